The number of hydrogen-bond acceptors (Lipinski definition) is 2. The van der Waals surface area contributed by atoms with Gasteiger partial charge in [-0.15, -0.1) is 0 Å². The molecule has 13 heavy (non-hydrogen) atoms. The van der Waals surface area contributed by atoms with Crippen LogP contribution in [-0.2, 0) is 4.79 Å². The molecule has 5 heteroatoms. The minimum absolute atomic E-state index is 0.391. The normalized spacial score (nSPS) is 12.5. The number of aliphatic carboxylic acids is 1. The molecule has 0 amide bonds. The van der Waals surface area contributed by atoms with Gasteiger partial charge in [0, 0.05) is 14.2 Å². The van der Waals surface area contributed by atoms with E-state index in [1.54, 1.807) is 18.2 Å². The summed E-state index contributed by atoms with van der Waals surface area (Å²) in [5.41, 5.74) is 5.92. The predicted molar refractivity (Wildman–Crippen MR) is 58.7 cm³/mol. The van der Waals surface area contributed by atoms with Crippen LogP contribution in [0.25, 0.3) is 0 Å². The molecule has 3 nitrogen and oxygen atoms in total. The second kappa shape index (κ2) is 4.26. The van der Waals surface area contributed by atoms with E-state index in [9.17, 15) is 4.79 Å². The van der Waals surface area contributed by atoms with Crippen molar-refractivity contribution < 1.29 is 9.90 Å². The van der Waals surface area contributed by atoms with E-state index < -0.39 is 12.0 Å². The lowest BCUT2D eigenvalue weighted by Gasteiger charge is -2.10. The molecular weight excluding hydrogens is 304 g/mol. The molecule has 0 aliphatic rings. The first-order valence-corrected chi connectivity index (χ1v) is 4.92. The standard InChI is InChI=1S/C8H7ClINO2/c9-4-2-1-3-5(10)6(4)7(11)8(12)13/h1-3,7H,11H2,(H,12,13)/t7-/m1/s1. The first-order valence-electron chi connectivity index (χ1n) is 3.46. The lowest BCUT2D eigenvalue weighted by atomic mass is 10.1. The second-order valence-electron chi connectivity index (χ2n) is 2.45. The molecule has 3 N–H and O–H groups in total. The van der Waals surface area contributed by atoms with Gasteiger partial charge in [-0.05, 0) is 34.7 Å². The van der Waals surface area contributed by atoms with Gasteiger partial charge in [-0.3, -0.25) is 4.79 Å². The van der Waals surface area contributed by atoms with Gasteiger partial charge < -0.3 is 10.8 Å². The largest absolute Gasteiger partial charge is 0.480 e. The topological polar surface area (TPSA) is 63.3 Å². The number of rotatable bonds is 2. The van der Waals surface area contributed by atoms with Gasteiger partial charge in [-0.25, -0.2) is 0 Å². The van der Waals surface area contributed by atoms with Gasteiger partial charge in [-0.2, -0.15) is 0 Å². The molecule has 0 aliphatic heterocycles. The number of hydrogen-bond donors (Lipinski definition) is 2. The molecule has 0 aromatic heterocycles. The van der Waals surface area contributed by atoms with Gasteiger partial charge >= 0.3 is 5.97 Å². The van der Waals surface area contributed by atoms with Crippen LogP contribution in [0.4, 0.5) is 0 Å². The van der Waals surface area contributed by atoms with Gasteiger partial charge in [0.15, 0.2) is 0 Å². The molecule has 0 aliphatic carbocycles. The average molecular weight is 312 g/mol. The Morgan fingerprint density at radius 2 is 2.23 bits per heavy atom. The van der Waals surface area contributed by atoms with Gasteiger partial charge in [-0.1, -0.05) is 17.7 Å². The van der Waals surface area contributed by atoms with Crippen LogP contribution in [0.2, 0.25) is 5.02 Å². The zero-order chi connectivity index (χ0) is 10.0. The van der Waals surface area contributed by atoms with Crippen LogP contribution in [0, 0.1) is 3.57 Å². The highest BCUT2D eigenvalue weighted by molar-refractivity contribution is 14.1. The zero-order valence-corrected chi connectivity index (χ0v) is 9.41. The van der Waals surface area contributed by atoms with E-state index in [1.807, 2.05) is 22.6 Å². The minimum Gasteiger partial charge on any atom is -0.480 e. The quantitative estimate of drug-likeness (QED) is 0.822. The maximum Gasteiger partial charge on any atom is 0.325 e. The molecule has 1 atom stereocenters. The first kappa shape index (κ1) is 10.7. The van der Waals surface area contributed by atoms with Crippen LogP contribution in [0.1, 0.15) is 11.6 Å². The summed E-state index contributed by atoms with van der Waals surface area (Å²) in [4.78, 5) is 10.6. The molecule has 0 unspecified atom stereocenters. The van der Waals surface area contributed by atoms with Crippen molar-refractivity contribution in [3.63, 3.8) is 0 Å². The molecule has 0 radical (unpaired) electrons. The summed E-state index contributed by atoms with van der Waals surface area (Å²) in [6.07, 6.45) is 0. The molecule has 70 valence electrons. The Labute approximate surface area is 94.0 Å². The van der Waals surface area contributed by atoms with Crippen LogP contribution in [0.15, 0.2) is 18.2 Å². The third kappa shape index (κ3) is 2.32. The van der Waals surface area contributed by atoms with E-state index in [2.05, 4.69) is 0 Å². The molecule has 1 aromatic rings. The van der Waals surface area contributed by atoms with Crippen molar-refractivity contribution in [2.45, 2.75) is 6.04 Å². The summed E-state index contributed by atoms with van der Waals surface area (Å²) in [6.45, 7) is 0. The summed E-state index contributed by atoms with van der Waals surface area (Å²) in [6, 6.07) is 4.09. The Balaban J connectivity index is 3.20. The molecule has 0 spiro atoms. The van der Waals surface area contributed by atoms with Gasteiger partial charge in [0.1, 0.15) is 6.04 Å². The number of carbonyl (C=O) groups is 1. The summed E-state index contributed by atoms with van der Waals surface area (Å²) in [7, 11) is 0. The Morgan fingerprint density at radius 1 is 1.62 bits per heavy atom. The van der Waals surface area contributed by atoms with E-state index >= 15 is 0 Å². The summed E-state index contributed by atoms with van der Waals surface area (Å²) in [5.74, 6) is -1.08. The minimum atomic E-state index is -1.08. The van der Waals surface area contributed by atoms with Gasteiger partial charge in [0.2, 0.25) is 0 Å². The first-order chi connectivity index (χ1) is 6.04. The molecule has 0 saturated carbocycles. The summed E-state index contributed by atoms with van der Waals surface area (Å²) < 4.78 is 0.764. The lowest BCUT2D eigenvalue weighted by molar-refractivity contribution is -0.138. The van der Waals surface area contributed by atoms with Crippen molar-refractivity contribution in [1.82, 2.24) is 0 Å². The number of carboxylic acid groups (broad SMARTS) is 1. The van der Waals surface area contributed by atoms with E-state index in [4.69, 9.17) is 22.4 Å². The number of carboxylic acids is 1. The lowest BCUT2D eigenvalue weighted by Crippen LogP contribution is -2.22. The number of benzene rings is 1. The fourth-order valence-electron chi connectivity index (χ4n) is 0.931. The zero-order valence-electron chi connectivity index (χ0n) is 6.50. The Bertz CT molecular complexity index is 323. The highest BCUT2D eigenvalue weighted by atomic mass is 127. The molecule has 0 saturated heterocycles. The van der Waals surface area contributed by atoms with Gasteiger partial charge in [0.25, 0.3) is 0 Å². The molecular formula is C8H7ClINO2. The third-order valence-electron chi connectivity index (χ3n) is 1.58. The molecule has 1 aromatic carbocycles. The van der Waals surface area contributed by atoms with E-state index in [1.165, 1.54) is 0 Å². The van der Waals surface area contributed by atoms with Crippen LogP contribution in [0.5, 0.6) is 0 Å². The maximum absolute atomic E-state index is 10.6. The van der Waals surface area contributed by atoms with Crippen molar-refractivity contribution in [3.8, 4) is 0 Å². The van der Waals surface area contributed by atoms with Crippen molar-refractivity contribution in [1.29, 1.82) is 0 Å². The number of halogens is 2. The molecule has 1 rings (SSSR count). The smallest absolute Gasteiger partial charge is 0.325 e. The monoisotopic (exact) mass is 311 g/mol. The Morgan fingerprint density at radius 3 is 2.69 bits per heavy atom. The van der Waals surface area contributed by atoms with E-state index in [-0.39, 0.29) is 0 Å². The van der Waals surface area contributed by atoms with Crippen LogP contribution in [-0.4, -0.2) is 11.1 Å². The molecule has 0 bridgehead atoms. The van der Waals surface area contributed by atoms with E-state index in [0.717, 1.165) is 3.57 Å². The highest BCUT2D eigenvalue weighted by Gasteiger charge is 2.19. The fourth-order valence-corrected chi connectivity index (χ4v) is 2.22. The summed E-state index contributed by atoms with van der Waals surface area (Å²) >= 11 is 7.83. The van der Waals surface area contributed by atoms with Crippen LogP contribution < -0.4 is 5.73 Å². The SMILES string of the molecule is N[C@@H](C(=O)O)c1c(Cl)cccc1I. The number of nitrogens with two attached hydrogens (primary N) is 1. The summed E-state index contributed by atoms with van der Waals surface area (Å²) in [5, 5.41) is 9.09. The maximum atomic E-state index is 10.6. The molecule has 0 fully saturated rings. The van der Waals surface area contributed by atoms with Crippen LogP contribution in [0.3, 0.4) is 0 Å². The predicted octanol–water partition coefficient (Wildman–Crippen LogP) is 2.03. The Kier molecular flexibility index (Phi) is 3.52. The average Bonchev–Trinajstić information content (AvgIpc) is 2.03. The van der Waals surface area contributed by atoms with Gasteiger partial charge in [0.05, 0.1) is 0 Å². The van der Waals surface area contributed by atoms with Crippen molar-refractivity contribution >= 4 is 40.2 Å². The second-order valence-corrected chi connectivity index (χ2v) is 4.02. The highest BCUT2D eigenvalue weighted by Crippen LogP contribution is 2.26. The fraction of sp³-hybridized carbons (Fsp3) is 0.125. The molecule has 0 heterocycles. The third-order valence-corrected chi connectivity index (χ3v) is 2.85. The van der Waals surface area contributed by atoms with Crippen molar-refractivity contribution in [3.05, 3.63) is 32.4 Å². The van der Waals surface area contributed by atoms with E-state index in [0.29, 0.717) is 10.6 Å². The van der Waals surface area contributed by atoms with Crippen LogP contribution >= 0.6 is 34.2 Å². The van der Waals surface area contributed by atoms with Crippen molar-refractivity contribution in [2.75, 3.05) is 0 Å². The van der Waals surface area contributed by atoms with Crippen molar-refractivity contribution in [2.24, 2.45) is 5.73 Å². The Hall–Kier alpha value is -0.330.